The van der Waals surface area contributed by atoms with Gasteiger partial charge in [-0.15, -0.1) is 0 Å². The largest absolute Gasteiger partial charge is 0.496 e. The molecule has 0 spiro atoms. The molecule has 4 nitrogen and oxygen atoms in total. The van der Waals surface area contributed by atoms with Gasteiger partial charge in [0, 0.05) is 18.5 Å². The molecule has 1 N–H and O–H groups in total. The van der Waals surface area contributed by atoms with Crippen LogP contribution in [0.3, 0.4) is 0 Å². The van der Waals surface area contributed by atoms with E-state index in [-0.39, 0.29) is 11.9 Å². The number of para-hydroxylation sites is 1. The molecule has 1 aliphatic carbocycles. The lowest BCUT2D eigenvalue weighted by atomic mass is 9.86. The molecule has 0 aromatic heterocycles. The third-order valence-electron chi connectivity index (χ3n) is 5.35. The molecule has 1 unspecified atom stereocenters. The van der Waals surface area contributed by atoms with Gasteiger partial charge in [0.05, 0.1) is 13.2 Å². The summed E-state index contributed by atoms with van der Waals surface area (Å²) >= 11 is 0. The van der Waals surface area contributed by atoms with E-state index in [1.54, 1.807) is 7.11 Å². The maximum Gasteiger partial charge on any atom is 0.220 e. The van der Waals surface area contributed by atoms with Gasteiger partial charge in [-0.1, -0.05) is 50.3 Å². The van der Waals surface area contributed by atoms with Gasteiger partial charge in [0.25, 0.3) is 0 Å². The lowest BCUT2D eigenvalue weighted by molar-refractivity contribution is -0.121. The number of carbonyl (C=O) groups is 1. The van der Waals surface area contributed by atoms with Gasteiger partial charge in [0.1, 0.15) is 5.75 Å². The molecule has 1 aromatic carbocycles. The van der Waals surface area contributed by atoms with Gasteiger partial charge >= 0.3 is 0 Å². The minimum absolute atomic E-state index is 0.110. The molecule has 0 radical (unpaired) electrons. The van der Waals surface area contributed by atoms with Gasteiger partial charge in [-0.05, 0) is 38.9 Å². The van der Waals surface area contributed by atoms with E-state index in [0.717, 1.165) is 23.7 Å². The third kappa shape index (κ3) is 6.35. The highest BCUT2D eigenvalue weighted by Crippen LogP contribution is 2.28. The highest BCUT2D eigenvalue weighted by atomic mass is 16.5. The molecule has 1 aliphatic rings. The number of benzene rings is 1. The Bertz CT molecular complexity index is 524. The molecule has 2 rings (SSSR count). The molecule has 0 heterocycles. The van der Waals surface area contributed by atoms with Crippen molar-refractivity contribution in [1.29, 1.82) is 0 Å². The fraction of sp³-hybridized carbons (Fsp3) is 0.667. The summed E-state index contributed by atoms with van der Waals surface area (Å²) in [5.41, 5.74) is 1.11. The molecule has 0 saturated heterocycles. The number of methoxy groups -OCH3 is 1. The number of amides is 1. The van der Waals surface area contributed by atoms with Crippen molar-refractivity contribution in [3.05, 3.63) is 29.8 Å². The summed E-state index contributed by atoms with van der Waals surface area (Å²) < 4.78 is 5.48. The normalized spacial score (nSPS) is 16.6. The van der Waals surface area contributed by atoms with Crippen LogP contribution >= 0.6 is 0 Å². The fourth-order valence-corrected chi connectivity index (χ4v) is 3.84. The zero-order valence-electron chi connectivity index (χ0n) is 16.1. The number of likely N-dealkylation sites (N-methyl/N-ethyl adjacent to an activating group) is 1. The Morgan fingerprint density at radius 1 is 1.24 bits per heavy atom. The number of hydrogen-bond donors (Lipinski definition) is 1. The van der Waals surface area contributed by atoms with Crippen molar-refractivity contribution in [2.24, 2.45) is 5.92 Å². The average molecular weight is 347 g/mol. The van der Waals surface area contributed by atoms with Gasteiger partial charge in [0.2, 0.25) is 5.91 Å². The lowest BCUT2D eigenvalue weighted by Crippen LogP contribution is -2.34. The van der Waals surface area contributed by atoms with Crippen molar-refractivity contribution < 1.29 is 9.53 Å². The van der Waals surface area contributed by atoms with Crippen LogP contribution < -0.4 is 10.1 Å². The molecule has 1 amide bonds. The number of carbonyl (C=O) groups excluding carboxylic acids is 1. The lowest BCUT2D eigenvalue weighted by Gasteiger charge is -2.26. The number of hydrogen-bond acceptors (Lipinski definition) is 3. The van der Waals surface area contributed by atoms with Crippen LogP contribution in [-0.2, 0) is 4.79 Å². The van der Waals surface area contributed by atoms with Crippen LogP contribution in [0.5, 0.6) is 5.75 Å². The second-order valence-electron chi connectivity index (χ2n) is 7.42. The maximum atomic E-state index is 12.2. The Hall–Kier alpha value is -1.55. The molecule has 140 valence electrons. The van der Waals surface area contributed by atoms with E-state index in [4.69, 9.17) is 4.74 Å². The Morgan fingerprint density at radius 3 is 2.64 bits per heavy atom. The first kappa shape index (κ1) is 19.8. The van der Waals surface area contributed by atoms with E-state index in [1.165, 1.54) is 38.5 Å². The molecule has 1 fully saturated rings. The highest BCUT2D eigenvalue weighted by Gasteiger charge is 2.19. The molecular formula is C21H34N2O2. The molecule has 0 aliphatic heterocycles. The Labute approximate surface area is 152 Å². The minimum Gasteiger partial charge on any atom is -0.496 e. The minimum atomic E-state index is 0.110. The van der Waals surface area contributed by atoms with E-state index in [2.05, 4.69) is 16.3 Å². The first-order chi connectivity index (χ1) is 12.1. The second kappa shape index (κ2) is 10.4. The van der Waals surface area contributed by atoms with Gasteiger partial charge < -0.3 is 15.0 Å². The number of nitrogens with one attached hydrogen (secondary N) is 1. The highest BCUT2D eigenvalue weighted by molar-refractivity contribution is 5.75. The van der Waals surface area contributed by atoms with Crippen molar-refractivity contribution in [3.63, 3.8) is 0 Å². The van der Waals surface area contributed by atoms with Crippen molar-refractivity contribution in [2.75, 3.05) is 27.7 Å². The van der Waals surface area contributed by atoms with E-state index in [9.17, 15) is 4.79 Å². The molecule has 1 aromatic rings. The number of ether oxygens (including phenoxy) is 1. The summed E-state index contributed by atoms with van der Waals surface area (Å²) in [6.45, 7) is 0.607. The maximum absolute atomic E-state index is 12.2. The van der Waals surface area contributed by atoms with Crippen molar-refractivity contribution in [1.82, 2.24) is 10.2 Å². The van der Waals surface area contributed by atoms with Gasteiger partial charge in [0.15, 0.2) is 0 Å². The first-order valence-corrected chi connectivity index (χ1v) is 9.68. The zero-order valence-corrected chi connectivity index (χ0v) is 16.1. The second-order valence-corrected chi connectivity index (χ2v) is 7.42. The predicted octanol–water partition coefficient (Wildman–Crippen LogP) is 4.16. The fourth-order valence-electron chi connectivity index (χ4n) is 3.84. The van der Waals surface area contributed by atoms with E-state index >= 15 is 0 Å². The summed E-state index contributed by atoms with van der Waals surface area (Å²) in [4.78, 5) is 14.4. The topological polar surface area (TPSA) is 41.6 Å². The van der Waals surface area contributed by atoms with E-state index < -0.39 is 0 Å². The summed E-state index contributed by atoms with van der Waals surface area (Å²) in [6, 6.07) is 8.13. The quantitative estimate of drug-likeness (QED) is 0.730. The van der Waals surface area contributed by atoms with Crippen molar-refractivity contribution in [2.45, 2.75) is 57.4 Å². The number of nitrogens with zero attached hydrogens (tertiary/aromatic N) is 1. The third-order valence-corrected chi connectivity index (χ3v) is 5.35. The summed E-state index contributed by atoms with van der Waals surface area (Å²) in [5.74, 6) is 1.88. The molecule has 1 saturated carbocycles. The van der Waals surface area contributed by atoms with Crippen LogP contribution in [-0.4, -0.2) is 38.6 Å². The average Bonchev–Trinajstić information content (AvgIpc) is 2.63. The van der Waals surface area contributed by atoms with E-state index in [1.807, 2.05) is 32.3 Å². The summed E-state index contributed by atoms with van der Waals surface area (Å²) in [5, 5.41) is 3.12. The van der Waals surface area contributed by atoms with E-state index in [0.29, 0.717) is 13.0 Å². The molecule has 0 bridgehead atoms. The van der Waals surface area contributed by atoms with Crippen LogP contribution in [0.2, 0.25) is 0 Å². The molecule has 1 atom stereocenters. The Kier molecular flexibility index (Phi) is 8.26. The standard InChI is InChI=1S/C21H34N2O2/c1-23(2)19(18-13-7-8-14-20(18)25-3)16-22-21(24)15-9-12-17-10-5-4-6-11-17/h7-8,13-14,17,19H,4-6,9-12,15-16H2,1-3H3,(H,22,24). The van der Waals surface area contributed by atoms with Crippen LogP contribution in [0, 0.1) is 5.92 Å². The summed E-state index contributed by atoms with van der Waals surface area (Å²) in [6.07, 6.45) is 9.72. The zero-order chi connectivity index (χ0) is 18.1. The molecule has 4 heteroatoms. The number of rotatable bonds is 9. The smallest absolute Gasteiger partial charge is 0.220 e. The van der Waals surface area contributed by atoms with Gasteiger partial charge in [-0.25, -0.2) is 0 Å². The van der Waals surface area contributed by atoms with Crippen LogP contribution in [0.15, 0.2) is 24.3 Å². The van der Waals surface area contributed by atoms with Gasteiger partial charge in [-0.3, -0.25) is 4.79 Å². The van der Waals surface area contributed by atoms with Gasteiger partial charge in [-0.2, -0.15) is 0 Å². The Morgan fingerprint density at radius 2 is 1.96 bits per heavy atom. The Balaban J connectivity index is 1.79. The molecule has 25 heavy (non-hydrogen) atoms. The van der Waals surface area contributed by atoms with Crippen molar-refractivity contribution >= 4 is 5.91 Å². The summed E-state index contributed by atoms with van der Waals surface area (Å²) in [7, 11) is 5.76. The molecular weight excluding hydrogens is 312 g/mol. The van der Waals surface area contributed by atoms with Crippen LogP contribution in [0.25, 0.3) is 0 Å². The monoisotopic (exact) mass is 346 g/mol. The first-order valence-electron chi connectivity index (χ1n) is 9.68. The van der Waals surface area contributed by atoms with Crippen LogP contribution in [0.1, 0.15) is 63.0 Å². The van der Waals surface area contributed by atoms with Crippen LogP contribution in [0.4, 0.5) is 0 Å². The SMILES string of the molecule is COc1ccccc1C(CNC(=O)CCCC1CCCCC1)N(C)C. The van der Waals surface area contributed by atoms with Crippen molar-refractivity contribution in [3.8, 4) is 5.75 Å². The predicted molar refractivity (Wildman–Crippen MR) is 103 cm³/mol.